The lowest BCUT2D eigenvalue weighted by atomic mass is 9.82. The SMILES string of the molecule is CC1CC(C)CC(OC(=O)c2cc(S(N)(=O)=O)c(Br)o2)C1. The third-order valence-corrected chi connectivity index (χ3v) is 5.34. The molecule has 1 aromatic rings. The van der Waals surface area contributed by atoms with Crippen molar-refractivity contribution in [3.8, 4) is 0 Å². The van der Waals surface area contributed by atoms with Crippen molar-refractivity contribution < 1.29 is 22.4 Å². The highest BCUT2D eigenvalue weighted by molar-refractivity contribution is 9.10. The molecule has 1 aliphatic carbocycles. The van der Waals surface area contributed by atoms with Crippen LogP contribution in [0.1, 0.15) is 43.7 Å². The number of halogens is 1. The zero-order chi connectivity index (χ0) is 15.8. The molecule has 2 N–H and O–H groups in total. The lowest BCUT2D eigenvalue weighted by Crippen LogP contribution is -2.28. The summed E-state index contributed by atoms with van der Waals surface area (Å²) in [4.78, 5) is 11.8. The van der Waals surface area contributed by atoms with E-state index in [0.29, 0.717) is 11.8 Å². The normalized spacial score (nSPS) is 26.6. The van der Waals surface area contributed by atoms with E-state index < -0.39 is 16.0 Å². The van der Waals surface area contributed by atoms with Gasteiger partial charge in [-0.2, -0.15) is 0 Å². The molecule has 1 saturated carbocycles. The van der Waals surface area contributed by atoms with Gasteiger partial charge in [0.1, 0.15) is 11.0 Å². The largest absolute Gasteiger partial charge is 0.457 e. The zero-order valence-electron chi connectivity index (χ0n) is 11.8. The van der Waals surface area contributed by atoms with Crippen molar-refractivity contribution in [2.75, 3.05) is 0 Å². The number of nitrogens with two attached hydrogens (primary N) is 1. The number of furan rings is 1. The Morgan fingerprint density at radius 3 is 2.38 bits per heavy atom. The molecule has 0 amide bonds. The predicted octanol–water partition coefficient (Wildman–Crippen LogP) is 2.67. The predicted molar refractivity (Wildman–Crippen MR) is 79.2 cm³/mol. The fourth-order valence-electron chi connectivity index (χ4n) is 2.83. The lowest BCUT2D eigenvalue weighted by molar-refractivity contribution is 0.00488. The Labute approximate surface area is 132 Å². The third-order valence-electron chi connectivity index (χ3n) is 3.57. The first-order chi connectivity index (χ1) is 9.66. The molecule has 2 atom stereocenters. The topological polar surface area (TPSA) is 99.6 Å². The molecular weight excluding hydrogens is 362 g/mol. The number of primary sulfonamides is 1. The lowest BCUT2D eigenvalue weighted by Gasteiger charge is -2.30. The van der Waals surface area contributed by atoms with Gasteiger partial charge in [0.15, 0.2) is 4.67 Å². The van der Waals surface area contributed by atoms with Crippen molar-refractivity contribution in [1.82, 2.24) is 0 Å². The van der Waals surface area contributed by atoms with Gasteiger partial charge in [0, 0.05) is 6.07 Å². The molecule has 1 aromatic heterocycles. The van der Waals surface area contributed by atoms with Crippen molar-refractivity contribution >= 4 is 31.9 Å². The number of ether oxygens (including phenoxy) is 1. The second kappa shape index (κ2) is 6.10. The van der Waals surface area contributed by atoms with E-state index in [1.165, 1.54) is 0 Å². The van der Waals surface area contributed by atoms with Crippen molar-refractivity contribution in [2.24, 2.45) is 17.0 Å². The second-order valence-corrected chi connectivity index (χ2v) is 7.99. The average Bonchev–Trinajstić information content (AvgIpc) is 2.69. The summed E-state index contributed by atoms with van der Waals surface area (Å²) in [6.45, 7) is 4.25. The van der Waals surface area contributed by atoms with Crippen LogP contribution in [0.2, 0.25) is 0 Å². The number of sulfonamides is 1. The zero-order valence-corrected chi connectivity index (χ0v) is 14.2. The number of carbonyl (C=O) groups is 1. The van der Waals surface area contributed by atoms with Crippen LogP contribution in [0, 0.1) is 11.8 Å². The van der Waals surface area contributed by atoms with Gasteiger partial charge in [-0.25, -0.2) is 18.4 Å². The molecule has 6 nitrogen and oxygen atoms in total. The molecule has 1 aliphatic rings. The Morgan fingerprint density at radius 2 is 1.90 bits per heavy atom. The molecule has 1 heterocycles. The highest BCUT2D eigenvalue weighted by atomic mass is 79.9. The summed E-state index contributed by atoms with van der Waals surface area (Å²) in [6.07, 6.45) is 2.56. The van der Waals surface area contributed by atoms with Gasteiger partial charge in [0.05, 0.1) is 0 Å². The van der Waals surface area contributed by atoms with Crippen molar-refractivity contribution in [3.63, 3.8) is 0 Å². The van der Waals surface area contributed by atoms with Crippen molar-refractivity contribution in [1.29, 1.82) is 0 Å². The van der Waals surface area contributed by atoms with Crippen LogP contribution in [-0.2, 0) is 14.8 Å². The Bertz CT molecular complexity index is 629. The maximum Gasteiger partial charge on any atom is 0.374 e. The summed E-state index contributed by atoms with van der Waals surface area (Å²) in [5.41, 5.74) is 0. The molecule has 8 heteroatoms. The molecule has 0 saturated heterocycles. The summed E-state index contributed by atoms with van der Waals surface area (Å²) in [5, 5.41) is 5.02. The van der Waals surface area contributed by atoms with E-state index in [4.69, 9.17) is 14.3 Å². The second-order valence-electron chi connectivity index (χ2n) is 5.74. The Morgan fingerprint density at radius 1 is 1.33 bits per heavy atom. The number of rotatable bonds is 3. The van der Waals surface area contributed by atoms with Gasteiger partial charge in [-0.1, -0.05) is 13.8 Å². The minimum atomic E-state index is -3.95. The van der Waals surface area contributed by atoms with E-state index >= 15 is 0 Å². The summed E-state index contributed by atoms with van der Waals surface area (Å²) >= 11 is 2.93. The average molecular weight is 380 g/mol. The van der Waals surface area contributed by atoms with E-state index in [-0.39, 0.29) is 21.4 Å². The van der Waals surface area contributed by atoms with Gasteiger partial charge in [0.2, 0.25) is 15.8 Å². The highest BCUT2D eigenvalue weighted by Crippen LogP contribution is 2.31. The van der Waals surface area contributed by atoms with Crippen LogP contribution in [-0.4, -0.2) is 20.5 Å². The summed E-state index contributed by atoms with van der Waals surface area (Å²) < 4.78 is 33.0. The van der Waals surface area contributed by atoms with Crippen LogP contribution < -0.4 is 5.14 Å². The van der Waals surface area contributed by atoms with Crippen LogP contribution in [0.4, 0.5) is 0 Å². The van der Waals surface area contributed by atoms with E-state index in [1.807, 2.05) is 0 Å². The summed E-state index contributed by atoms with van der Waals surface area (Å²) in [6, 6.07) is 1.08. The first kappa shape index (κ1) is 16.5. The molecule has 0 aliphatic heterocycles. The first-order valence-corrected chi connectivity index (χ1v) is 9.04. The molecular formula is C13H18BrNO5S. The Balaban J connectivity index is 2.11. The van der Waals surface area contributed by atoms with Crippen LogP contribution in [0.3, 0.4) is 0 Å². The number of hydrogen-bond acceptors (Lipinski definition) is 5. The minimum Gasteiger partial charge on any atom is -0.457 e. The Hall–Kier alpha value is -0.860. The first-order valence-electron chi connectivity index (χ1n) is 6.70. The smallest absolute Gasteiger partial charge is 0.374 e. The van der Waals surface area contributed by atoms with E-state index in [1.54, 1.807) is 0 Å². The standard InChI is InChI=1S/C13H18BrNO5S/c1-7-3-8(2)5-9(4-7)19-13(16)10-6-11(12(14)20-10)21(15,17)18/h6-9H,3-5H2,1-2H3,(H2,15,17,18). The summed E-state index contributed by atoms with van der Waals surface area (Å²) in [7, 11) is -3.95. The van der Waals surface area contributed by atoms with Crippen LogP contribution in [0.25, 0.3) is 0 Å². The van der Waals surface area contributed by atoms with Crippen molar-refractivity contribution in [2.45, 2.75) is 44.1 Å². The molecule has 0 spiro atoms. The minimum absolute atomic E-state index is 0.0951. The third kappa shape index (κ3) is 4.08. The number of carbonyl (C=O) groups excluding carboxylic acids is 1. The fourth-order valence-corrected chi connectivity index (χ4v) is 4.33. The van der Waals surface area contributed by atoms with Crippen LogP contribution in [0.5, 0.6) is 0 Å². The molecule has 0 radical (unpaired) electrons. The molecule has 0 aromatic carbocycles. The number of hydrogen-bond donors (Lipinski definition) is 1. The monoisotopic (exact) mass is 379 g/mol. The molecule has 21 heavy (non-hydrogen) atoms. The van der Waals surface area contributed by atoms with Gasteiger partial charge in [0.25, 0.3) is 0 Å². The molecule has 118 valence electrons. The van der Waals surface area contributed by atoms with Gasteiger partial charge in [-0.3, -0.25) is 0 Å². The highest BCUT2D eigenvalue weighted by Gasteiger charge is 2.29. The molecule has 0 bridgehead atoms. The van der Waals surface area contributed by atoms with E-state index in [9.17, 15) is 13.2 Å². The Kier molecular flexibility index (Phi) is 4.79. The number of esters is 1. The fraction of sp³-hybridized carbons (Fsp3) is 0.615. The van der Waals surface area contributed by atoms with Gasteiger partial charge in [-0.05, 0) is 47.0 Å². The quantitative estimate of drug-likeness (QED) is 0.813. The van der Waals surface area contributed by atoms with E-state index in [2.05, 4.69) is 29.8 Å². The van der Waals surface area contributed by atoms with Crippen LogP contribution >= 0.6 is 15.9 Å². The maximum absolute atomic E-state index is 12.0. The molecule has 2 rings (SSSR count). The van der Waals surface area contributed by atoms with Crippen LogP contribution in [0.15, 0.2) is 20.0 Å². The summed E-state index contributed by atoms with van der Waals surface area (Å²) in [5.74, 6) is 0.151. The van der Waals surface area contributed by atoms with E-state index in [0.717, 1.165) is 25.3 Å². The maximum atomic E-state index is 12.0. The molecule has 2 unspecified atom stereocenters. The van der Waals surface area contributed by atoms with Gasteiger partial charge < -0.3 is 9.15 Å². The molecule has 1 fully saturated rings. The van der Waals surface area contributed by atoms with Crippen molar-refractivity contribution in [3.05, 3.63) is 16.5 Å². The van der Waals surface area contributed by atoms with Gasteiger partial charge in [-0.15, -0.1) is 0 Å². The van der Waals surface area contributed by atoms with Gasteiger partial charge >= 0.3 is 5.97 Å².